The van der Waals surface area contributed by atoms with Gasteiger partial charge in [-0.05, 0) is 124 Å². The topological polar surface area (TPSA) is 144 Å². The van der Waals surface area contributed by atoms with Crippen molar-refractivity contribution in [2.45, 2.75) is 99.2 Å². The van der Waals surface area contributed by atoms with E-state index in [1.165, 1.54) is 0 Å². The maximum atomic E-state index is 13.8. The molecule has 4 aromatic rings. The van der Waals surface area contributed by atoms with Crippen LogP contribution in [0.5, 0.6) is 23.3 Å². The van der Waals surface area contributed by atoms with Crippen LogP contribution in [0.1, 0.15) is 85.9 Å². The second kappa shape index (κ2) is 22.1. The highest BCUT2D eigenvalue weighted by atomic mass is 35.5. The van der Waals surface area contributed by atoms with E-state index in [9.17, 15) is 23.2 Å². The monoisotopic (exact) mass is 854 g/mol. The summed E-state index contributed by atoms with van der Waals surface area (Å²) in [6.07, 6.45) is 12.4. The number of carbonyl (C=O) groups is 3. The van der Waals surface area contributed by atoms with Gasteiger partial charge in [-0.1, -0.05) is 26.0 Å². The van der Waals surface area contributed by atoms with Gasteiger partial charge in [-0.2, -0.15) is 0 Å². The maximum absolute atomic E-state index is 13.8. The van der Waals surface area contributed by atoms with E-state index in [2.05, 4.69) is 30.8 Å². The number of nitrogens with zero attached hydrogens (tertiary/aromatic N) is 2. The average Bonchev–Trinajstić information content (AvgIpc) is 3.23. The van der Waals surface area contributed by atoms with Gasteiger partial charge < -0.3 is 25.4 Å². The molecule has 6 rings (SSSR count). The molecule has 4 N–H and O–H groups in total. The number of hydrogen-bond donors (Lipinski definition) is 4. The number of aromatic nitrogens is 2. The number of amides is 3. The van der Waals surface area contributed by atoms with Crippen LogP contribution in [0.15, 0.2) is 82.8 Å². The molecule has 0 atom stereocenters. The highest BCUT2D eigenvalue weighted by molar-refractivity contribution is 7.98. The zero-order chi connectivity index (χ0) is 41.6. The molecule has 2 heterocycles. The Bertz CT molecular complexity index is 2010. The molecule has 2 fully saturated rings. The van der Waals surface area contributed by atoms with Gasteiger partial charge in [0, 0.05) is 39.9 Å². The van der Waals surface area contributed by atoms with E-state index in [1.807, 2.05) is 62.8 Å². The first-order valence-electron chi connectivity index (χ1n) is 19.2. The molecule has 310 valence electrons. The highest BCUT2D eigenvalue weighted by Crippen LogP contribution is 2.30. The number of halogens is 3. The van der Waals surface area contributed by atoms with Crippen LogP contribution in [-0.4, -0.2) is 64.4 Å². The van der Waals surface area contributed by atoms with Crippen LogP contribution in [0.2, 0.25) is 0 Å². The fraction of sp³-hybridized carbons (Fsp3) is 0.405. The summed E-state index contributed by atoms with van der Waals surface area (Å²) in [5.74, 6) is -0.768. The zero-order valence-electron chi connectivity index (χ0n) is 32.9. The Balaban J connectivity index is 0.000000223. The van der Waals surface area contributed by atoms with Crippen molar-refractivity contribution in [3.63, 3.8) is 0 Å². The molecule has 2 aromatic heterocycles. The van der Waals surface area contributed by atoms with Gasteiger partial charge in [0.25, 0.3) is 11.8 Å². The van der Waals surface area contributed by atoms with E-state index in [4.69, 9.17) is 21.3 Å². The number of rotatable bonds is 13. The average molecular weight is 855 g/mol. The molecule has 0 radical (unpaired) electrons. The lowest BCUT2D eigenvalue weighted by Gasteiger charge is -2.30. The number of benzene rings is 2. The molecule has 2 aliphatic rings. The molecule has 58 heavy (non-hydrogen) atoms. The molecule has 0 unspecified atom stereocenters. The lowest BCUT2D eigenvalue weighted by atomic mass is 9.90. The van der Waals surface area contributed by atoms with Crippen molar-refractivity contribution in [2.24, 2.45) is 5.92 Å². The van der Waals surface area contributed by atoms with Crippen molar-refractivity contribution < 1.29 is 32.6 Å². The van der Waals surface area contributed by atoms with Crippen LogP contribution >= 0.6 is 35.3 Å². The van der Waals surface area contributed by atoms with Crippen molar-refractivity contribution in [3.05, 3.63) is 95.8 Å². The molecule has 16 heteroatoms. The summed E-state index contributed by atoms with van der Waals surface area (Å²) in [6.45, 7) is 3.73. The Morgan fingerprint density at radius 3 is 1.43 bits per heavy atom. The molecule has 0 spiro atoms. The number of pyridine rings is 2. The van der Waals surface area contributed by atoms with Gasteiger partial charge in [0.1, 0.15) is 34.3 Å². The van der Waals surface area contributed by atoms with Crippen LogP contribution in [0, 0.1) is 17.6 Å². The molecule has 0 saturated heterocycles. The Morgan fingerprint density at radius 1 is 0.655 bits per heavy atom. The number of hydrogen-bond acceptors (Lipinski definition) is 10. The largest absolute Gasteiger partial charge is 0.438 e. The lowest BCUT2D eigenvalue weighted by molar-refractivity contribution is -0.124. The fourth-order valence-corrected chi connectivity index (χ4v) is 7.63. The predicted molar refractivity (Wildman–Crippen MR) is 224 cm³/mol. The van der Waals surface area contributed by atoms with E-state index >= 15 is 0 Å². The van der Waals surface area contributed by atoms with Gasteiger partial charge in [0.15, 0.2) is 0 Å². The fourth-order valence-electron chi connectivity index (χ4n) is 6.52. The van der Waals surface area contributed by atoms with Crippen molar-refractivity contribution in [3.8, 4) is 23.3 Å². The van der Waals surface area contributed by atoms with E-state index in [1.54, 1.807) is 35.7 Å². The van der Waals surface area contributed by atoms with Gasteiger partial charge in [0.2, 0.25) is 17.7 Å². The van der Waals surface area contributed by atoms with E-state index in [0.29, 0.717) is 11.5 Å². The second-order valence-corrected chi connectivity index (χ2v) is 16.4. The normalized spacial score (nSPS) is 19.0. The standard InChI is InChI=1S/C23H28FN3O3S.C19H21ClFN3O2S/c1-14(2)21(28)26-16-7-9-17(10-8-16)27-22(29)20-11-15(24)13-25-23(20)30-18-5-4-6-19(12-18)31-3;1-27-16-4-2-3-15(10-16)26-19-17(9-12(21)11-22-19)18(25)23-13-5-7-14(24-20)8-6-13/h4-6,11-14,16-17H,7-10H2,1-3H3,(H,26,28)(H,27,29);2-4,9-11,13-14,24H,5-8H2,1H3,(H,23,25). The van der Waals surface area contributed by atoms with Gasteiger partial charge in [0.05, 0.1) is 12.4 Å². The summed E-state index contributed by atoms with van der Waals surface area (Å²) in [5.41, 5.74) is 0.145. The molecule has 2 saturated carbocycles. The van der Waals surface area contributed by atoms with Crippen molar-refractivity contribution in [2.75, 3.05) is 12.5 Å². The summed E-state index contributed by atoms with van der Waals surface area (Å²) in [6, 6.07) is 17.5. The quantitative estimate of drug-likeness (QED) is 0.0760. The summed E-state index contributed by atoms with van der Waals surface area (Å²) in [4.78, 5) is 50.2. The Hall–Kier alpha value is -4.44. The number of thioether (sulfide) groups is 2. The zero-order valence-corrected chi connectivity index (χ0v) is 35.2. The van der Waals surface area contributed by atoms with Crippen LogP contribution < -0.4 is 30.3 Å². The molecule has 2 aromatic carbocycles. The minimum atomic E-state index is -0.601. The minimum Gasteiger partial charge on any atom is -0.438 e. The van der Waals surface area contributed by atoms with Crippen molar-refractivity contribution in [1.82, 2.24) is 30.8 Å². The third-order valence-electron chi connectivity index (χ3n) is 9.79. The first-order chi connectivity index (χ1) is 27.9. The van der Waals surface area contributed by atoms with Crippen LogP contribution in [0.25, 0.3) is 0 Å². The summed E-state index contributed by atoms with van der Waals surface area (Å²) in [5, 5.41) is 8.96. The number of nitrogens with one attached hydrogen (secondary N) is 4. The Kier molecular flexibility index (Phi) is 17.0. The van der Waals surface area contributed by atoms with E-state index in [0.717, 1.165) is 85.7 Å². The predicted octanol–water partition coefficient (Wildman–Crippen LogP) is 9.07. The van der Waals surface area contributed by atoms with Crippen molar-refractivity contribution in [1.29, 1.82) is 0 Å². The van der Waals surface area contributed by atoms with Crippen molar-refractivity contribution >= 4 is 53.0 Å². The van der Waals surface area contributed by atoms with Crippen LogP contribution in [-0.2, 0) is 4.79 Å². The molecule has 0 aliphatic heterocycles. The number of ether oxygens (including phenoxy) is 2. The smallest absolute Gasteiger partial charge is 0.257 e. The van der Waals surface area contributed by atoms with Crippen LogP contribution in [0.4, 0.5) is 8.78 Å². The Morgan fingerprint density at radius 2 is 1.05 bits per heavy atom. The maximum Gasteiger partial charge on any atom is 0.257 e. The molecular weight excluding hydrogens is 806 g/mol. The molecule has 11 nitrogen and oxygen atoms in total. The first-order valence-corrected chi connectivity index (χ1v) is 22.0. The summed E-state index contributed by atoms with van der Waals surface area (Å²) >= 11 is 8.81. The Labute approximate surface area is 351 Å². The van der Waals surface area contributed by atoms with E-state index in [-0.39, 0.29) is 64.8 Å². The third kappa shape index (κ3) is 13.3. The summed E-state index contributed by atoms with van der Waals surface area (Å²) in [7, 11) is 0. The SMILES string of the molecule is CSc1cccc(Oc2ncc(F)cc2C(=O)NC2CCC(NC(=O)C(C)C)CC2)c1.CSc1cccc(Oc2ncc(F)cc2C(=O)NC2CCC(NCl)CC2)c1. The minimum absolute atomic E-state index is 0.0229. The van der Waals surface area contributed by atoms with Gasteiger partial charge in [-0.3, -0.25) is 14.4 Å². The lowest BCUT2D eigenvalue weighted by Crippen LogP contribution is -2.44. The van der Waals surface area contributed by atoms with E-state index < -0.39 is 17.5 Å². The molecular formula is C42H49ClF2N6O5S2. The molecule has 3 amide bonds. The summed E-state index contributed by atoms with van der Waals surface area (Å²) < 4.78 is 39.1. The second-order valence-electron chi connectivity index (χ2n) is 14.4. The molecule has 0 bridgehead atoms. The number of carbonyl (C=O) groups excluding carboxylic acids is 3. The third-order valence-corrected chi connectivity index (χ3v) is 11.5. The first kappa shape index (κ1) is 44.7. The van der Waals surface area contributed by atoms with Crippen LogP contribution in [0.3, 0.4) is 0 Å². The van der Waals surface area contributed by atoms with Gasteiger partial charge >= 0.3 is 0 Å². The molecule has 2 aliphatic carbocycles. The van der Waals surface area contributed by atoms with Gasteiger partial charge in [-0.15, -0.1) is 23.5 Å². The van der Waals surface area contributed by atoms with Gasteiger partial charge in [-0.25, -0.2) is 23.6 Å². The highest BCUT2D eigenvalue weighted by Gasteiger charge is 2.27.